The van der Waals surface area contributed by atoms with Crippen LogP contribution in [-0.4, -0.2) is 12.8 Å². The van der Waals surface area contributed by atoms with Crippen molar-refractivity contribution in [3.05, 3.63) is 54.0 Å². The van der Waals surface area contributed by atoms with E-state index in [1.54, 1.807) is 6.08 Å². The standard InChI is InChI=1S/C15H17NO4/c1-4-5-12(11(2)3)10-19-15(17)20-14-8-6-13(16-18)7-9-14/h4,6-9,12H,1-2,5,10H2,3H3. The van der Waals surface area contributed by atoms with E-state index in [-0.39, 0.29) is 24.0 Å². The number of rotatable bonds is 7. The van der Waals surface area contributed by atoms with Crippen LogP contribution in [0.5, 0.6) is 5.75 Å². The molecule has 1 aromatic rings. The lowest BCUT2D eigenvalue weighted by Gasteiger charge is -2.14. The molecule has 0 saturated carbocycles. The fourth-order valence-corrected chi connectivity index (χ4v) is 1.48. The van der Waals surface area contributed by atoms with Gasteiger partial charge in [0.1, 0.15) is 18.0 Å². The van der Waals surface area contributed by atoms with Gasteiger partial charge >= 0.3 is 6.16 Å². The van der Waals surface area contributed by atoms with Gasteiger partial charge in [0.25, 0.3) is 0 Å². The number of carbonyl (C=O) groups is 1. The van der Waals surface area contributed by atoms with Crippen LogP contribution in [0.2, 0.25) is 0 Å². The van der Waals surface area contributed by atoms with Crippen molar-refractivity contribution < 1.29 is 14.3 Å². The second kappa shape index (κ2) is 7.89. The third kappa shape index (κ3) is 5.06. The zero-order chi connectivity index (χ0) is 15.0. The Morgan fingerprint density at radius 1 is 1.40 bits per heavy atom. The Morgan fingerprint density at radius 3 is 2.55 bits per heavy atom. The van der Waals surface area contributed by atoms with Crippen LogP contribution >= 0.6 is 0 Å². The Kier molecular flexibility index (Phi) is 6.16. The van der Waals surface area contributed by atoms with E-state index in [0.717, 1.165) is 5.57 Å². The molecule has 1 aromatic carbocycles. The fraction of sp³-hybridized carbons (Fsp3) is 0.267. The van der Waals surface area contributed by atoms with E-state index in [4.69, 9.17) is 9.47 Å². The monoisotopic (exact) mass is 275 g/mol. The number of benzene rings is 1. The highest BCUT2D eigenvalue weighted by molar-refractivity contribution is 5.64. The van der Waals surface area contributed by atoms with Gasteiger partial charge in [0.2, 0.25) is 0 Å². The van der Waals surface area contributed by atoms with E-state index in [9.17, 15) is 9.70 Å². The minimum atomic E-state index is -0.799. The lowest BCUT2D eigenvalue weighted by Crippen LogP contribution is -2.17. The maximum atomic E-state index is 11.5. The summed E-state index contributed by atoms with van der Waals surface area (Å²) in [4.78, 5) is 21.8. The first-order valence-electron chi connectivity index (χ1n) is 6.11. The molecule has 0 aromatic heterocycles. The molecule has 0 fully saturated rings. The fourth-order valence-electron chi connectivity index (χ4n) is 1.48. The van der Waals surface area contributed by atoms with Gasteiger partial charge in [-0.1, -0.05) is 18.2 Å². The molecule has 1 atom stereocenters. The Balaban J connectivity index is 2.47. The van der Waals surface area contributed by atoms with Crippen LogP contribution in [0.3, 0.4) is 0 Å². The van der Waals surface area contributed by atoms with Crippen LogP contribution in [0.15, 0.2) is 54.2 Å². The maximum Gasteiger partial charge on any atom is 0.513 e. The van der Waals surface area contributed by atoms with Crippen LogP contribution in [0.1, 0.15) is 13.3 Å². The number of hydrogen-bond acceptors (Lipinski definition) is 5. The first-order chi connectivity index (χ1) is 9.56. The molecule has 0 heterocycles. The van der Waals surface area contributed by atoms with Crippen molar-refractivity contribution >= 4 is 11.8 Å². The number of nitrogens with zero attached hydrogens (tertiary/aromatic N) is 1. The van der Waals surface area contributed by atoms with Crippen molar-refractivity contribution in [1.29, 1.82) is 0 Å². The molecule has 0 amide bonds. The van der Waals surface area contributed by atoms with Crippen LogP contribution in [-0.2, 0) is 4.74 Å². The Hall–Kier alpha value is -2.43. The Labute approximate surface area is 117 Å². The average Bonchev–Trinajstić information content (AvgIpc) is 2.44. The van der Waals surface area contributed by atoms with Gasteiger partial charge < -0.3 is 9.47 Å². The molecule has 0 aliphatic heterocycles. The van der Waals surface area contributed by atoms with Crippen LogP contribution in [0, 0.1) is 10.8 Å². The van der Waals surface area contributed by atoms with Gasteiger partial charge in [0.05, 0.1) is 0 Å². The van der Waals surface area contributed by atoms with Crippen molar-refractivity contribution in [2.75, 3.05) is 6.61 Å². The molecule has 0 saturated heterocycles. The third-order valence-electron chi connectivity index (χ3n) is 2.69. The van der Waals surface area contributed by atoms with Gasteiger partial charge in [-0.2, -0.15) is 0 Å². The highest BCUT2D eigenvalue weighted by atomic mass is 16.7. The molecule has 0 spiro atoms. The number of allylic oxidation sites excluding steroid dienone is 1. The second-order valence-corrected chi connectivity index (χ2v) is 4.32. The van der Waals surface area contributed by atoms with Crippen molar-refractivity contribution in [2.24, 2.45) is 11.1 Å². The second-order valence-electron chi connectivity index (χ2n) is 4.32. The van der Waals surface area contributed by atoms with Gasteiger partial charge in [-0.15, -0.1) is 11.5 Å². The molecule has 106 valence electrons. The molecule has 5 nitrogen and oxygen atoms in total. The van der Waals surface area contributed by atoms with E-state index in [1.807, 2.05) is 6.92 Å². The summed E-state index contributed by atoms with van der Waals surface area (Å²) in [7, 11) is 0. The summed E-state index contributed by atoms with van der Waals surface area (Å²) in [6, 6.07) is 5.84. The van der Waals surface area contributed by atoms with E-state index >= 15 is 0 Å². The maximum absolute atomic E-state index is 11.5. The molecule has 20 heavy (non-hydrogen) atoms. The molecule has 1 rings (SSSR count). The summed E-state index contributed by atoms with van der Waals surface area (Å²) in [6.07, 6.45) is 1.63. The van der Waals surface area contributed by atoms with Crippen molar-refractivity contribution in [2.45, 2.75) is 13.3 Å². The molecular weight excluding hydrogens is 258 g/mol. The third-order valence-corrected chi connectivity index (χ3v) is 2.69. The number of hydrogen-bond donors (Lipinski definition) is 0. The Morgan fingerprint density at radius 2 is 2.05 bits per heavy atom. The van der Waals surface area contributed by atoms with Gasteiger partial charge in [0.15, 0.2) is 0 Å². The summed E-state index contributed by atoms with van der Waals surface area (Å²) >= 11 is 0. The van der Waals surface area contributed by atoms with Crippen molar-refractivity contribution in [3.8, 4) is 5.75 Å². The predicted octanol–water partition coefficient (Wildman–Crippen LogP) is 4.37. The van der Waals surface area contributed by atoms with E-state index in [1.165, 1.54) is 24.3 Å². The molecule has 0 radical (unpaired) electrons. The zero-order valence-corrected chi connectivity index (χ0v) is 11.4. The number of ether oxygens (including phenoxy) is 2. The predicted molar refractivity (Wildman–Crippen MR) is 77.0 cm³/mol. The SMILES string of the molecule is C=CCC(COC(=O)Oc1ccc(N=O)cc1)C(=C)C. The molecule has 0 N–H and O–H groups in total. The average molecular weight is 275 g/mol. The van der Waals surface area contributed by atoms with Crippen molar-refractivity contribution in [1.82, 2.24) is 0 Å². The molecule has 0 aliphatic carbocycles. The van der Waals surface area contributed by atoms with E-state index in [0.29, 0.717) is 6.42 Å². The lowest BCUT2D eigenvalue weighted by atomic mass is 9.99. The lowest BCUT2D eigenvalue weighted by molar-refractivity contribution is 0.0888. The molecule has 0 aliphatic rings. The number of nitroso groups, excluding NO2 is 1. The number of carbonyl (C=O) groups excluding carboxylic acids is 1. The highest BCUT2D eigenvalue weighted by Gasteiger charge is 2.13. The molecule has 1 unspecified atom stereocenters. The zero-order valence-electron chi connectivity index (χ0n) is 11.4. The summed E-state index contributed by atoms with van der Waals surface area (Å²) in [5.41, 5.74) is 1.18. The minimum absolute atomic E-state index is 0.0293. The largest absolute Gasteiger partial charge is 0.513 e. The first-order valence-corrected chi connectivity index (χ1v) is 6.11. The van der Waals surface area contributed by atoms with Gasteiger partial charge in [-0.25, -0.2) is 4.79 Å². The van der Waals surface area contributed by atoms with E-state index in [2.05, 4.69) is 18.3 Å². The summed E-state index contributed by atoms with van der Waals surface area (Å²) in [6.45, 7) is 9.54. The quantitative estimate of drug-likeness (QED) is 0.321. The summed E-state index contributed by atoms with van der Waals surface area (Å²) < 4.78 is 9.99. The van der Waals surface area contributed by atoms with Crippen LogP contribution < -0.4 is 4.74 Å². The smallest absolute Gasteiger partial charge is 0.433 e. The van der Waals surface area contributed by atoms with Crippen molar-refractivity contribution in [3.63, 3.8) is 0 Å². The molecule has 5 heteroatoms. The highest BCUT2D eigenvalue weighted by Crippen LogP contribution is 2.19. The van der Waals surface area contributed by atoms with Crippen LogP contribution in [0.25, 0.3) is 0 Å². The summed E-state index contributed by atoms with van der Waals surface area (Å²) in [5.74, 6) is 0.319. The van der Waals surface area contributed by atoms with Gasteiger partial charge in [-0.3, -0.25) is 0 Å². The molecule has 0 bridgehead atoms. The summed E-state index contributed by atoms with van der Waals surface area (Å²) in [5, 5.41) is 2.75. The topological polar surface area (TPSA) is 65.0 Å². The normalized spacial score (nSPS) is 11.2. The minimum Gasteiger partial charge on any atom is -0.433 e. The van der Waals surface area contributed by atoms with E-state index < -0.39 is 6.16 Å². The van der Waals surface area contributed by atoms with Gasteiger partial charge in [-0.05, 0) is 42.8 Å². The first kappa shape index (κ1) is 15.6. The Bertz CT molecular complexity index is 493. The van der Waals surface area contributed by atoms with Gasteiger partial charge in [0, 0.05) is 5.92 Å². The van der Waals surface area contributed by atoms with Crippen LogP contribution in [0.4, 0.5) is 10.5 Å². The molecular formula is C15H17NO4.